The van der Waals surface area contributed by atoms with Crippen LogP contribution in [-0.4, -0.2) is 10.2 Å². The van der Waals surface area contributed by atoms with Crippen molar-refractivity contribution in [2.24, 2.45) is 0 Å². The van der Waals surface area contributed by atoms with E-state index >= 15 is 0 Å². The highest BCUT2D eigenvalue weighted by Gasteiger charge is 2.41. The second-order valence-corrected chi connectivity index (χ2v) is 14.3. The molecule has 272 valence electrons. The fourth-order valence-corrected chi connectivity index (χ4v) is 8.74. The molecule has 8 aromatic rings. The van der Waals surface area contributed by atoms with Crippen molar-refractivity contribution in [3.63, 3.8) is 0 Å². The zero-order chi connectivity index (χ0) is 37.5. The Labute approximate surface area is 326 Å². The van der Waals surface area contributed by atoms with Crippen LogP contribution in [0.4, 0.5) is 0 Å². The van der Waals surface area contributed by atoms with Gasteiger partial charge in [-0.1, -0.05) is 179 Å². The molecule has 2 N–H and O–H groups in total. The highest BCUT2D eigenvalue weighted by molar-refractivity contribution is 5.86. The highest BCUT2D eigenvalue weighted by atomic mass is 16.3. The predicted octanol–water partition coefficient (Wildman–Crippen LogP) is 13.9. The van der Waals surface area contributed by atoms with Crippen LogP contribution < -0.4 is 0 Å². The van der Waals surface area contributed by atoms with Crippen LogP contribution in [0.15, 0.2) is 182 Å². The minimum Gasteiger partial charge on any atom is -0.508 e. The van der Waals surface area contributed by atoms with Gasteiger partial charge in [-0.05, 0) is 116 Å². The third kappa shape index (κ3) is 6.09. The summed E-state index contributed by atoms with van der Waals surface area (Å²) in [7, 11) is 0. The fraction of sp³-hybridized carbons (Fsp3) is 0.132. The maximum atomic E-state index is 9.14. The predicted molar refractivity (Wildman–Crippen MR) is 232 cm³/mol. The van der Waals surface area contributed by atoms with Gasteiger partial charge in [-0.15, -0.1) is 0 Å². The Morgan fingerprint density at radius 2 is 0.636 bits per heavy atom. The van der Waals surface area contributed by atoms with Crippen LogP contribution in [0.25, 0.3) is 44.2 Å². The number of aromatic hydroxyl groups is 2. The summed E-state index contributed by atoms with van der Waals surface area (Å²) in [5.41, 5.74) is 15.8. The van der Waals surface area contributed by atoms with E-state index < -0.39 is 0 Å². The number of hydrogen-bond acceptors (Lipinski definition) is 2. The van der Waals surface area contributed by atoms with Gasteiger partial charge in [0.15, 0.2) is 0 Å². The molecule has 10 rings (SSSR count). The zero-order valence-electron chi connectivity index (χ0n) is 31.2. The number of phenols is 2. The summed E-state index contributed by atoms with van der Waals surface area (Å²) in [5, 5.41) is 20.1. The van der Waals surface area contributed by atoms with E-state index in [0.717, 1.165) is 10.8 Å². The molecule has 2 nitrogen and oxygen atoms in total. The number of phenolic OH excluding ortho intramolecular Hbond substituents is 2. The molecule has 55 heavy (non-hydrogen) atoms. The van der Waals surface area contributed by atoms with Gasteiger partial charge in [-0.3, -0.25) is 0 Å². The van der Waals surface area contributed by atoms with Gasteiger partial charge in [0, 0.05) is 10.8 Å². The van der Waals surface area contributed by atoms with Crippen LogP contribution in [0.5, 0.6) is 11.5 Å². The van der Waals surface area contributed by atoms with Crippen LogP contribution >= 0.6 is 0 Å². The molecule has 0 aliphatic heterocycles. The maximum absolute atomic E-state index is 9.14. The third-order valence-corrected chi connectivity index (χ3v) is 11.5. The van der Waals surface area contributed by atoms with Crippen molar-refractivity contribution in [1.29, 1.82) is 0 Å². The summed E-state index contributed by atoms with van der Waals surface area (Å²) in [6, 6.07) is 64.1. The molecule has 0 atom stereocenters. The van der Waals surface area contributed by atoms with Crippen molar-refractivity contribution in [3.05, 3.63) is 215 Å². The van der Waals surface area contributed by atoms with Crippen molar-refractivity contribution in [2.45, 2.75) is 46.0 Å². The lowest BCUT2D eigenvalue weighted by Gasteiger charge is -2.29. The molecule has 0 aromatic heterocycles. The van der Waals surface area contributed by atoms with Crippen molar-refractivity contribution >= 4 is 10.8 Å². The van der Waals surface area contributed by atoms with Crippen molar-refractivity contribution in [2.75, 3.05) is 0 Å². The quantitative estimate of drug-likeness (QED) is 0.191. The third-order valence-electron chi connectivity index (χ3n) is 11.5. The lowest BCUT2D eigenvalue weighted by atomic mass is 9.73. The number of fused-ring (bicyclic) bond motifs is 7. The first-order valence-electron chi connectivity index (χ1n) is 18.9. The van der Waals surface area contributed by atoms with Crippen LogP contribution in [0.2, 0.25) is 0 Å². The number of hydrogen-bond donors (Lipinski definition) is 2. The van der Waals surface area contributed by atoms with E-state index in [1.807, 2.05) is 26.0 Å². The van der Waals surface area contributed by atoms with Crippen molar-refractivity contribution < 1.29 is 10.2 Å². The van der Waals surface area contributed by atoms with E-state index in [9.17, 15) is 0 Å². The second kappa shape index (κ2) is 14.8. The molecule has 0 amide bonds. The van der Waals surface area contributed by atoms with Gasteiger partial charge in [0.1, 0.15) is 11.5 Å². The van der Waals surface area contributed by atoms with Gasteiger partial charge in [-0.2, -0.15) is 0 Å². The van der Waals surface area contributed by atoms with Crippen LogP contribution in [0, 0.1) is 0 Å². The molecular weight excluding hydrogens is 669 g/mol. The topological polar surface area (TPSA) is 40.5 Å². The molecule has 2 aliphatic rings. The molecule has 0 unspecified atom stereocenters. The SMILES string of the molecule is C.CC.CC1(c2ccc(-c3ccc(C4(C)c5ccccc5-c5ccccc54)cc3)cc2)c2ccccc2-c2ccccc21.Oc1ccc2ccc(O)cc2c1. The summed E-state index contributed by atoms with van der Waals surface area (Å²) < 4.78 is 0. The van der Waals surface area contributed by atoms with E-state index in [2.05, 4.69) is 159 Å². The van der Waals surface area contributed by atoms with Crippen molar-refractivity contribution in [3.8, 4) is 44.9 Å². The molecule has 0 radical (unpaired) electrons. The van der Waals surface area contributed by atoms with Crippen LogP contribution in [-0.2, 0) is 10.8 Å². The molecule has 0 saturated heterocycles. The molecule has 0 saturated carbocycles. The monoisotopic (exact) mass is 716 g/mol. The average molecular weight is 717 g/mol. The largest absolute Gasteiger partial charge is 0.508 e. The van der Waals surface area contributed by atoms with Gasteiger partial charge in [0.25, 0.3) is 0 Å². The minimum absolute atomic E-state index is 0. The molecule has 8 aromatic carbocycles. The molecular formula is C53H48O2. The Hall–Kier alpha value is -6.38. The molecule has 0 bridgehead atoms. The van der Waals surface area contributed by atoms with Gasteiger partial charge in [0.2, 0.25) is 0 Å². The van der Waals surface area contributed by atoms with Gasteiger partial charge >= 0.3 is 0 Å². The normalized spacial score (nSPS) is 13.4. The number of benzene rings is 8. The lowest BCUT2D eigenvalue weighted by Crippen LogP contribution is -2.22. The molecule has 0 heterocycles. The minimum atomic E-state index is -0.159. The Morgan fingerprint density at radius 1 is 0.345 bits per heavy atom. The Balaban J connectivity index is 0.000000263. The Morgan fingerprint density at radius 3 is 0.945 bits per heavy atom. The summed E-state index contributed by atoms with van der Waals surface area (Å²) in [4.78, 5) is 0. The van der Waals surface area contributed by atoms with E-state index in [-0.39, 0.29) is 29.8 Å². The van der Waals surface area contributed by atoms with E-state index in [1.165, 1.54) is 66.8 Å². The van der Waals surface area contributed by atoms with Gasteiger partial charge < -0.3 is 10.2 Å². The van der Waals surface area contributed by atoms with E-state index in [4.69, 9.17) is 10.2 Å². The maximum Gasteiger partial charge on any atom is 0.116 e. The average Bonchev–Trinajstić information content (AvgIpc) is 3.65. The smallest absolute Gasteiger partial charge is 0.116 e. The van der Waals surface area contributed by atoms with E-state index in [1.54, 1.807) is 24.3 Å². The first-order chi connectivity index (χ1) is 26.4. The molecule has 2 aliphatic carbocycles. The first-order valence-corrected chi connectivity index (χ1v) is 18.9. The molecule has 0 spiro atoms. The molecule has 0 fully saturated rings. The fourth-order valence-electron chi connectivity index (χ4n) is 8.74. The highest BCUT2D eigenvalue weighted by Crippen LogP contribution is 2.53. The summed E-state index contributed by atoms with van der Waals surface area (Å²) in [6.45, 7) is 8.75. The second-order valence-electron chi connectivity index (χ2n) is 14.3. The lowest BCUT2D eigenvalue weighted by molar-refractivity contribution is 0.474. The standard InChI is InChI=1S/C40H30.C10H8O2.C2H6.CH4/c1-39(35-15-7-3-11-31(35)32-12-4-8-16-36(32)39)29-23-19-27(20-24-29)28-21-25-30(26-22-28)40(2)37-17-9-5-13-33(37)34-14-6-10-18-38(34)40;11-9-3-1-7-2-4-10(12)6-8(7)5-9;1-2;/h3-26H,1-2H3;1-6,11-12H;1-2H3;1H4. The number of rotatable bonds is 3. The van der Waals surface area contributed by atoms with Crippen molar-refractivity contribution in [1.82, 2.24) is 0 Å². The Bertz CT molecular complexity index is 2340. The summed E-state index contributed by atoms with van der Waals surface area (Å²) in [6.07, 6.45) is 0. The van der Waals surface area contributed by atoms with Crippen LogP contribution in [0.1, 0.15) is 68.5 Å². The first kappa shape index (κ1) is 37.0. The molecule has 2 heteroatoms. The Kier molecular flexibility index (Phi) is 9.95. The van der Waals surface area contributed by atoms with Gasteiger partial charge in [-0.25, -0.2) is 0 Å². The zero-order valence-corrected chi connectivity index (χ0v) is 31.2. The summed E-state index contributed by atoms with van der Waals surface area (Å²) in [5.74, 6) is 0.432. The van der Waals surface area contributed by atoms with Crippen LogP contribution in [0.3, 0.4) is 0 Å². The van der Waals surface area contributed by atoms with E-state index in [0.29, 0.717) is 0 Å². The summed E-state index contributed by atoms with van der Waals surface area (Å²) >= 11 is 0. The van der Waals surface area contributed by atoms with Gasteiger partial charge in [0.05, 0.1) is 0 Å².